The number of halogens is 1. The number of thioether (sulfide) groups is 1. The summed E-state index contributed by atoms with van der Waals surface area (Å²) in [5, 5.41) is 12.3. The number of hydrogen-bond acceptors (Lipinski definition) is 4. The first kappa shape index (κ1) is 13.6. The Hall–Kier alpha value is -1.40. The molecule has 0 unspecified atom stereocenters. The number of carbonyl (C=O) groups is 1. The Morgan fingerprint density at radius 2 is 2.40 bits per heavy atom. The van der Waals surface area contributed by atoms with Gasteiger partial charge in [0.1, 0.15) is 0 Å². The lowest BCUT2D eigenvalue weighted by atomic mass is 10.0. The molecule has 1 heterocycles. The van der Waals surface area contributed by atoms with Crippen molar-refractivity contribution >= 4 is 40.3 Å². The van der Waals surface area contributed by atoms with Gasteiger partial charge >= 0.3 is 6.09 Å². The maximum absolute atomic E-state index is 10.8. The largest absolute Gasteiger partial charge is 0.465 e. The van der Waals surface area contributed by atoms with E-state index in [0.29, 0.717) is 21.8 Å². The minimum atomic E-state index is -1.09. The SMILES string of the molecule is Nc1ccc(Cl)c([C@@]23C[C@@H]2CCSC(NC(=O)O)=N3)c1. The van der Waals surface area contributed by atoms with E-state index in [1.807, 2.05) is 6.07 Å². The van der Waals surface area contributed by atoms with Gasteiger partial charge in [0.2, 0.25) is 0 Å². The number of benzene rings is 1. The number of fused-ring (bicyclic) bond motifs is 1. The molecule has 5 nitrogen and oxygen atoms in total. The molecule has 1 aliphatic carbocycles. The number of aliphatic imine (C=N–C) groups is 1. The van der Waals surface area contributed by atoms with Crippen molar-refractivity contribution < 1.29 is 9.90 Å². The van der Waals surface area contributed by atoms with Crippen LogP contribution in [-0.4, -0.2) is 22.1 Å². The number of carboxylic acid groups (broad SMARTS) is 1. The molecular formula is C13H14ClN3O2S. The van der Waals surface area contributed by atoms with Crippen molar-refractivity contribution in [2.75, 3.05) is 11.5 Å². The minimum Gasteiger partial charge on any atom is -0.465 e. The van der Waals surface area contributed by atoms with Gasteiger partial charge in [-0.3, -0.25) is 10.3 Å². The highest BCUT2D eigenvalue weighted by Crippen LogP contribution is 2.60. The summed E-state index contributed by atoms with van der Waals surface area (Å²) in [6, 6.07) is 5.37. The highest BCUT2D eigenvalue weighted by atomic mass is 35.5. The van der Waals surface area contributed by atoms with Crippen molar-refractivity contribution in [1.82, 2.24) is 5.32 Å². The van der Waals surface area contributed by atoms with Gasteiger partial charge in [-0.05, 0) is 37.0 Å². The molecule has 2 aliphatic rings. The van der Waals surface area contributed by atoms with Gasteiger partial charge in [0.15, 0.2) is 5.17 Å². The molecule has 1 fully saturated rings. The average molecular weight is 312 g/mol. The zero-order valence-electron chi connectivity index (χ0n) is 10.6. The maximum atomic E-state index is 10.8. The van der Waals surface area contributed by atoms with Gasteiger partial charge in [-0.15, -0.1) is 0 Å². The monoisotopic (exact) mass is 311 g/mol. The number of nitrogen functional groups attached to an aromatic ring is 1. The molecule has 106 valence electrons. The Kier molecular flexibility index (Phi) is 3.30. The van der Waals surface area contributed by atoms with Crippen LogP contribution in [0.5, 0.6) is 0 Å². The van der Waals surface area contributed by atoms with Crippen molar-refractivity contribution in [3.05, 3.63) is 28.8 Å². The van der Waals surface area contributed by atoms with Crippen molar-refractivity contribution in [3.8, 4) is 0 Å². The number of anilines is 1. The molecule has 1 saturated carbocycles. The van der Waals surface area contributed by atoms with E-state index in [2.05, 4.69) is 10.3 Å². The van der Waals surface area contributed by atoms with Gasteiger partial charge in [-0.25, -0.2) is 4.79 Å². The van der Waals surface area contributed by atoms with Crippen LogP contribution in [0.2, 0.25) is 5.02 Å². The topological polar surface area (TPSA) is 87.7 Å². The highest BCUT2D eigenvalue weighted by molar-refractivity contribution is 8.13. The Balaban J connectivity index is 2.02. The number of amidine groups is 1. The number of amides is 1. The number of nitrogens with one attached hydrogen (secondary N) is 1. The fourth-order valence-corrected chi connectivity index (χ4v) is 3.99. The second-order valence-corrected chi connectivity index (χ2v) is 6.54. The van der Waals surface area contributed by atoms with Gasteiger partial charge in [-0.2, -0.15) is 0 Å². The summed E-state index contributed by atoms with van der Waals surface area (Å²) in [6.07, 6.45) is 0.787. The standard InChI is InChI=1S/C13H14ClN3O2S/c14-10-2-1-8(15)5-9(10)13-6-7(13)3-4-20-11(17-13)16-12(18)19/h1-2,5,7H,3-4,6,15H2,(H,16,17)(H,18,19)/t7-,13+/m0/s1. The third kappa shape index (κ3) is 2.33. The van der Waals surface area contributed by atoms with E-state index in [-0.39, 0.29) is 0 Å². The highest BCUT2D eigenvalue weighted by Gasteiger charge is 2.57. The molecule has 1 aromatic carbocycles. The molecule has 3 rings (SSSR count). The summed E-state index contributed by atoms with van der Waals surface area (Å²) >= 11 is 7.72. The van der Waals surface area contributed by atoms with Crippen LogP contribution in [0.4, 0.5) is 10.5 Å². The van der Waals surface area contributed by atoms with E-state index in [0.717, 1.165) is 24.2 Å². The van der Waals surface area contributed by atoms with Crippen LogP contribution < -0.4 is 11.1 Å². The van der Waals surface area contributed by atoms with Crippen LogP contribution in [-0.2, 0) is 5.54 Å². The molecule has 0 bridgehead atoms. The molecule has 4 N–H and O–H groups in total. The fourth-order valence-electron chi connectivity index (χ4n) is 2.73. The molecule has 20 heavy (non-hydrogen) atoms. The third-order valence-electron chi connectivity index (χ3n) is 3.75. The van der Waals surface area contributed by atoms with Gasteiger partial charge in [0, 0.05) is 22.0 Å². The van der Waals surface area contributed by atoms with Gasteiger partial charge in [0.25, 0.3) is 0 Å². The van der Waals surface area contributed by atoms with Crippen LogP contribution in [0.1, 0.15) is 18.4 Å². The lowest BCUT2D eigenvalue weighted by Crippen LogP contribution is -2.27. The van der Waals surface area contributed by atoms with E-state index < -0.39 is 11.6 Å². The molecule has 2 atom stereocenters. The molecule has 0 saturated heterocycles. The summed E-state index contributed by atoms with van der Waals surface area (Å²) in [7, 11) is 0. The van der Waals surface area contributed by atoms with Crippen LogP contribution in [0, 0.1) is 5.92 Å². The van der Waals surface area contributed by atoms with Crippen molar-refractivity contribution in [2.24, 2.45) is 10.9 Å². The predicted octanol–water partition coefficient (Wildman–Crippen LogP) is 2.90. The second kappa shape index (κ2) is 4.86. The molecule has 7 heteroatoms. The van der Waals surface area contributed by atoms with E-state index >= 15 is 0 Å². The Morgan fingerprint density at radius 3 is 3.15 bits per heavy atom. The molecular weight excluding hydrogens is 298 g/mol. The smallest absolute Gasteiger partial charge is 0.410 e. The predicted molar refractivity (Wildman–Crippen MR) is 81.3 cm³/mol. The third-order valence-corrected chi connectivity index (χ3v) is 4.99. The van der Waals surface area contributed by atoms with E-state index in [1.54, 1.807) is 12.1 Å². The summed E-state index contributed by atoms with van der Waals surface area (Å²) < 4.78 is 0. The zero-order chi connectivity index (χ0) is 14.3. The summed E-state index contributed by atoms with van der Waals surface area (Å²) in [5.41, 5.74) is 6.98. The van der Waals surface area contributed by atoms with Crippen LogP contribution in [0.15, 0.2) is 23.2 Å². The molecule has 0 radical (unpaired) electrons. The Labute approximate surface area is 125 Å². The summed E-state index contributed by atoms with van der Waals surface area (Å²) in [6.45, 7) is 0. The van der Waals surface area contributed by atoms with E-state index in [4.69, 9.17) is 22.4 Å². The number of nitrogens with two attached hydrogens (primary N) is 1. The molecule has 1 amide bonds. The zero-order valence-corrected chi connectivity index (χ0v) is 12.2. The van der Waals surface area contributed by atoms with Gasteiger partial charge < -0.3 is 10.8 Å². The van der Waals surface area contributed by atoms with Gasteiger partial charge in [-0.1, -0.05) is 23.4 Å². The number of rotatable bonds is 1. The second-order valence-electron chi connectivity index (χ2n) is 5.05. The molecule has 1 aliphatic heterocycles. The maximum Gasteiger partial charge on any atom is 0.410 e. The summed E-state index contributed by atoms with van der Waals surface area (Å²) in [5.74, 6) is 1.26. The van der Waals surface area contributed by atoms with Crippen molar-refractivity contribution in [2.45, 2.75) is 18.4 Å². The molecule has 1 aromatic rings. The Bertz CT molecular complexity index is 607. The van der Waals surface area contributed by atoms with E-state index in [9.17, 15) is 4.79 Å². The first-order valence-electron chi connectivity index (χ1n) is 6.29. The quantitative estimate of drug-likeness (QED) is 0.696. The average Bonchev–Trinajstić information content (AvgIpc) is 3.06. The lowest BCUT2D eigenvalue weighted by molar-refractivity contribution is 0.200. The van der Waals surface area contributed by atoms with Gasteiger partial charge in [0.05, 0.1) is 5.54 Å². The molecule has 0 aromatic heterocycles. The van der Waals surface area contributed by atoms with Crippen LogP contribution in [0.25, 0.3) is 0 Å². The lowest BCUT2D eigenvalue weighted by Gasteiger charge is -2.15. The number of nitrogens with zero attached hydrogens (tertiary/aromatic N) is 1. The first-order chi connectivity index (χ1) is 9.51. The van der Waals surface area contributed by atoms with Crippen LogP contribution in [0.3, 0.4) is 0 Å². The van der Waals surface area contributed by atoms with E-state index in [1.165, 1.54) is 11.8 Å². The number of hydrogen-bond donors (Lipinski definition) is 3. The van der Waals surface area contributed by atoms with Crippen molar-refractivity contribution in [1.29, 1.82) is 0 Å². The first-order valence-corrected chi connectivity index (χ1v) is 7.66. The van der Waals surface area contributed by atoms with Crippen molar-refractivity contribution in [3.63, 3.8) is 0 Å². The summed E-state index contributed by atoms with van der Waals surface area (Å²) in [4.78, 5) is 15.5. The normalized spacial score (nSPS) is 28.1. The van der Waals surface area contributed by atoms with Crippen LogP contribution >= 0.6 is 23.4 Å². The Morgan fingerprint density at radius 1 is 1.60 bits per heavy atom. The molecule has 0 spiro atoms. The fraction of sp³-hybridized carbons (Fsp3) is 0.385. The minimum absolute atomic E-state index is 0.405.